The molecular weight excluding hydrogens is 190 g/mol. The second-order valence-corrected chi connectivity index (χ2v) is 3.76. The Hall–Kier alpha value is -0.830. The maximum absolute atomic E-state index is 11.4. The van der Waals surface area contributed by atoms with E-state index in [0.29, 0.717) is 12.2 Å². The molecule has 0 aromatic carbocycles. The third-order valence-corrected chi connectivity index (χ3v) is 2.05. The highest BCUT2D eigenvalue weighted by atomic mass is 16.5. The van der Waals surface area contributed by atoms with Crippen molar-refractivity contribution in [3.63, 3.8) is 0 Å². The topological polar surface area (TPSA) is 38.3 Å². The molecule has 0 aliphatic carbocycles. The highest BCUT2D eigenvalue weighted by molar-refractivity contribution is 5.92. The first-order valence-electron chi connectivity index (χ1n) is 5.69. The van der Waals surface area contributed by atoms with E-state index in [0.717, 1.165) is 25.7 Å². The van der Waals surface area contributed by atoms with Crippen molar-refractivity contribution in [1.82, 2.24) is 5.32 Å². The van der Waals surface area contributed by atoms with Gasteiger partial charge in [0.25, 0.3) is 0 Å². The molecule has 1 N–H and O–H groups in total. The number of carbonyl (C=O) groups is 1. The molecule has 0 aliphatic rings. The minimum Gasteiger partial charge on any atom is -0.359 e. The molecule has 0 aliphatic heterocycles. The number of hydrogen-bond donors (Lipinski definition) is 1. The van der Waals surface area contributed by atoms with Crippen LogP contribution in [0.25, 0.3) is 0 Å². The number of carbonyl (C=O) groups excluding carboxylic acids is 1. The van der Waals surface area contributed by atoms with Crippen molar-refractivity contribution < 1.29 is 9.53 Å². The van der Waals surface area contributed by atoms with E-state index < -0.39 is 0 Å². The molecule has 0 spiro atoms. The van der Waals surface area contributed by atoms with Crippen LogP contribution in [0, 0.1) is 0 Å². The Bertz CT molecular complexity index is 202. The second-order valence-electron chi connectivity index (χ2n) is 3.76. The Morgan fingerprint density at radius 1 is 1.40 bits per heavy atom. The lowest BCUT2D eigenvalue weighted by atomic mass is 10.2. The molecule has 0 rings (SSSR count). The first kappa shape index (κ1) is 14.2. The summed E-state index contributed by atoms with van der Waals surface area (Å²) in [6.45, 7) is 10.2. The summed E-state index contributed by atoms with van der Waals surface area (Å²) in [5, 5.41) is 2.82. The molecule has 15 heavy (non-hydrogen) atoms. The smallest absolute Gasteiger partial charge is 0.248 e. The predicted molar refractivity (Wildman–Crippen MR) is 62.5 cm³/mol. The van der Waals surface area contributed by atoms with E-state index in [-0.39, 0.29) is 12.1 Å². The van der Waals surface area contributed by atoms with Crippen LogP contribution in [0.5, 0.6) is 0 Å². The van der Waals surface area contributed by atoms with Gasteiger partial charge in [-0.05, 0) is 19.8 Å². The van der Waals surface area contributed by atoms with Crippen LogP contribution in [0.3, 0.4) is 0 Å². The van der Waals surface area contributed by atoms with E-state index in [1.807, 2.05) is 0 Å². The fourth-order valence-corrected chi connectivity index (χ4v) is 1.10. The fraction of sp³-hybridized carbons (Fsp3) is 0.750. The van der Waals surface area contributed by atoms with Gasteiger partial charge in [-0.2, -0.15) is 0 Å². The molecule has 0 aromatic rings. The molecule has 1 atom stereocenters. The minimum absolute atomic E-state index is 0.120. The molecule has 0 saturated carbocycles. The summed E-state index contributed by atoms with van der Waals surface area (Å²) in [6, 6.07) is 0. The largest absolute Gasteiger partial charge is 0.359 e. The van der Waals surface area contributed by atoms with Crippen molar-refractivity contribution in [3.8, 4) is 0 Å². The first-order chi connectivity index (χ1) is 7.11. The quantitative estimate of drug-likeness (QED) is 0.382. The molecule has 0 fully saturated rings. The number of rotatable bonds is 8. The molecule has 0 saturated heterocycles. The van der Waals surface area contributed by atoms with E-state index >= 15 is 0 Å². The van der Waals surface area contributed by atoms with Crippen molar-refractivity contribution in [1.29, 1.82) is 0 Å². The summed E-state index contributed by atoms with van der Waals surface area (Å²) < 4.78 is 5.57. The Kier molecular flexibility index (Phi) is 8.01. The zero-order valence-corrected chi connectivity index (χ0v) is 10.1. The minimum atomic E-state index is -0.161. The van der Waals surface area contributed by atoms with Crippen molar-refractivity contribution in [2.24, 2.45) is 0 Å². The number of hydrogen-bond acceptors (Lipinski definition) is 2. The fourth-order valence-electron chi connectivity index (χ4n) is 1.10. The van der Waals surface area contributed by atoms with Crippen LogP contribution in [0.4, 0.5) is 0 Å². The van der Waals surface area contributed by atoms with Crippen LogP contribution in [-0.2, 0) is 9.53 Å². The predicted octanol–water partition coefficient (Wildman–Crippen LogP) is 2.62. The number of unbranched alkanes of at least 4 members (excludes halogenated alkanes) is 1. The lowest BCUT2D eigenvalue weighted by molar-refractivity contribution is -0.122. The highest BCUT2D eigenvalue weighted by Crippen LogP contribution is 2.02. The Morgan fingerprint density at radius 3 is 2.53 bits per heavy atom. The van der Waals surface area contributed by atoms with Gasteiger partial charge < -0.3 is 10.1 Å². The summed E-state index contributed by atoms with van der Waals surface area (Å²) in [4.78, 5) is 11.4. The SMILES string of the molecule is C=C(C)C(=O)NC(CCC)OCCCC. The van der Waals surface area contributed by atoms with Crippen molar-refractivity contribution >= 4 is 5.91 Å². The Labute approximate surface area is 92.9 Å². The van der Waals surface area contributed by atoms with Crippen LogP contribution >= 0.6 is 0 Å². The van der Waals surface area contributed by atoms with Crippen molar-refractivity contribution in [3.05, 3.63) is 12.2 Å². The van der Waals surface area contributed by atoms with Crippen LogP contribution < -0.4 is 5.32 Å². The lowest BCUT2D eigenvalue weighted by Gasteiger charge is -2.18. The van der Waals surface area contributed by atoms with Gasteiger partial charge in [0.1, 0.15) is 6.23 Å². The van der Waals surface area contributed by atoms with Gasteiger partial charge >= 0.3 is 0 Å². The van der Waals surface area contributed by atoms with E-state index in [2.05, 4.69) is 25.7 Å². The second kappa shape index (κ2) is 8.48. The highest BCUT2D eigenvalue weighted by Gasteiger charge is 2.11. The Balaban J connectivity index is 3.91. The van der Waals surface area contributed by atoms with Gasteiger partial charge in [-0.15, -0.1) is 0 Å². The standard InChI is InChI=1S/C12H23NO2/c1-5-7-9-15-11(8-6-2)13-12(14)10(3)4/h11H,3,5-9H2,1-2,4H3,(H,13,14). The average molecular weight is 213 g/mol. The maximum atomic E-state index is 11.4. The van der Waals surface area contributed by atoms with Crippen LogP contribution in [0.15, 0.2) is 12.2 Å². The first-order valence-corrected chi connectivity index (χ1v) is 5.69. The normalized spacial score (nSPS) is 12.2. The van der Waals surface area contributed by atoms with Gasteiger partial charge in [0, 0.05) is 12.2 Å². The van der Waals surface area contributed by atoms with Crippen LogP contribution in [0.1, 0.15) is 46.5 Å². The number of nitrogens with one attached hydrogen (secondary N) is 1. The zero-order chi connectivity index (χ0) is 11.7. The molecule has 0 bridgehead atoms. The molecule has 3 nitrogen and oxygen atoms in total. The van der Waals surface area contributed by atoms with Gasteiger partial charge in [0.05, 0.1) is 0 Å². The number of amides is 1. The third-order valence-electron chi connectivity index (χ3n) is 2.05. The van der Waals surface area contributed by atoms with Crippen molar-refractivity contribution in [2.45, 2.75) is 52.7 Å². The molecule has 88 valence electrons. The summed E-state index contributed by atoms with van der Waals surface area (Å²) in [5.41, 5.74) is 0.523. The van der Waals surface area contributed by atoms with E-state index in [4.69, 9.17) is 4.74 Å². The average Bonchev–Trinajstić information content (AvgIpc) is 2.18. The lowest BCUT2D eigenvalue weighted by Crippen LogP contribution is -2.37. The van der Waals surface area contributed by atoms with Gasteiger partial charge in [-0.1, -0.05) is 33.3 Å². The molecule has 0 aromatic heterocycles. The summed E-state index contributed by atoms with van der Waals surface area (Å²) in [5.74, 6) is -0.120. The monoisotopic (exact) mass is 213 g/mol. The molecule has 0 heterocycles. The van der Waals surface area contributed by atoms with E-state index in [1.54, 1.807) is 6.92 Å². The molecule has 1 amide bonds. The van der Waals surface area contributed by atoms with E-state index in [1.165, 1.54) is 0 Å². The Morgan fingerprint density at radius 2 is 2.07 bits per heavy atom. The van der Waals surface area contributed by atoms with Crippen molar-refractivity contribution in [2.75, 3.05) is 6.61 Å². The van der Waals surface area contributed by atoms with Gasteiger partial charge in [-0.3, -0.25) is 4.79 Å². The summed E-state index contributed by atoms with van der Waals surface area (Å²) in [6.07, 6.45) is 3.82. The van der Waals surface area contributed by atoms with Gasteiger partial charge in [0.2, 0.25) is 5.91 Å². The van der Waals surface area contributed by atoms with Crippen LogP contribution in [0.2, 0.25) is 0 Å². The summed E-state index contributed by atoms with van der Waals surface area (Å²) >= 11 is 0. The van der Waals surface area contributed by atoms with Gasteiger partial charge in [0.15, 0.2) is 0 Å². The van der Waals surface area contributed by atoms with Crippen LogP contribution in [-0.4, -0.2) is 18.7 Å². The summed E-state index contributed by atoms with van der Waals surface area (Å²) in [7, 11) is 0. The number of ether oxygens (including phenoxy) is 1. The maximum Gasteiger partial charge on any atom is 0.248 e. The zero-order valence-electron chi connectivity index (χ0n) is 10.1. The van der Waals surface area contributed by atoms with E-state index in [9.17, 15) is 4.79 Å². The molecule has 1 unspecified atom stereocenters. The van der Waals surface area contributed by atoms with Gasteiger partial charge in [-0.25, -0.2) is 0 Å². The molecular formula is C12H23NO2. The molecule has 0 radical (unpaired) electrons. The third kappa shape index (κ3) is 7.14. The molecule has 3 heteroatoms.